The van der Waals surface area contributed by atoms with Crippen LogP contribution in [0.4, 0.5) is 5.69 Å². The van der Waals surface area contributed by atoms with Gasteiger partial charge in [-0.05, 0) is 51.3 Å². The van der Waals surface area contributed by atoms with Crippen molar-refractivity contribution in [2.75, 3.05) is 11.9 Å². The van der Waals surface area contributed by atoms with Crippen LogP contribution in [0.1, 0.15) is 39.2 Å². The average Bonchev–Trinajstić information content (AvgIpc) is 2.47. The van der Waals surface area contributed by atoms with E-state index in [1.807, 2.05) is 6.92 Å². The van der Waals surface area contributed by atoms with Crippen molar-refractivity contribution in [3.8, 4) is 0 Å². The van der Waals surface area contributed by atoms with E-state index in [4.69, 9.17) is 4.74 Å². The number of carbonyl (C=O) groups excluding carboxylic acids is 1. The van der Waals surface area contributed by atoms with Gasteiger partial charge >= 0.3 is 5.97 Å². The van der Waals surface area contributed by atoms with E-state index in [1.54, 1.807) is 38.1 Å². The van der Waals surface area contributed by atoms with E-state index < -0.39 is 11.4 Å². The molecule has 1 saturated heterocycles. The second kappa shape index (κ2) is 6.48. The number of anilines is 1. The highest BCUT2D eigenvalue weighted by Crippen LogP contribution is 2.26. The zero-order valence-corrected chi connectivity index (χ0v) is 13.3. The molecule has 0 radical (unpaired) electrons. The molecule has 1 aromatic rings. The lowest BCUT2D eigenvalue weighted by Crippen LogP contribution is -2.32. The molecule has 0 aliphatic carbocycles. The smallest absolute Gasteiger partial charge is 0.313 e. The van der Waals surface area contributed by atoms with Crippen LogP contribution >= 0.6 is 0 Å². The van der Waals surface area contributed by atoms with Crippen LogP contribution in [-0.4, -0.2) is 29.7 Å². The summed E-state index contributed by atoms with van der Waals surface area (Å²) in [6.45, 7) is 5.91. The van der Waals surface area contributed by atoms with Gasteiger partial charge in [0.2, 0.25) is 5.91 Å². The van der Waals surface area contributed by atoms with Gasteiger partial charge in [0, 0.05) is 18.2 Å². The van der Waals surface area contributed by atoms with E-state index in [-0.39, 0.29) is 17.9 Å². The first-order valence-corrected chi connectivity index (χ1v) is 7.57. The predicted molar refractivity (Wildman–Crippen MR) is 83.9 cm³/mol. The fraction of sp³-hybridized carbons (Fsp3) is 0.529. The molecule has 1 heterocycles. The minimum atomic E-state index is -0.946. The monoisotopic (exact) mass is 305 g/mol. The van der Waals surface area contributed by atoms with E-state index in [0.717, 1.165) is 12.8 Å². The summed E-state index contributed by atoms with van der Waals surface area (Å²) in [6, 6.07) is 6.99. The summed E-state index contributed by atoms with van der Waals surface area (Å²) in [7, 11) is 0. The second-order valence-corrected chi connectivity index (χ2v) is 6.40. The number of carbonyl (C=O) groups is 2. The molecule has 1 fully saturated rings. The molecule has 1 aliphatic heterocycles. The summed E-state index contributed by atoms with van der Waals surface area (Å²) >= 11 is 0. The molecule has 1 amide bonds. The fourth-order valence-corrected chi connectivity index (χ4v) is 2.57. The molecule has 0 bridgehead atoms. The van der Waals surface area contributed by atoms with Crippen LogP contribution in [0, 0.1) is 5.92 Å². The Morgan fingerprint density at radius 3 is 2.45 bits per heavy atom. The molecule has 0 spiro atoms. The summed E-state index contributed by atoms with van der Waals surface area (Å²) < 4.78 is 5.45. The van der Waals surface area contributed by atoms with Crippen molar-refractivity contribution in [1.29, 1.82) is 0 Å². The van der Waals surface area contributed by atoms with E-state index in [9.17, 15) is 14.7 Å². The van der Waals surface area contributed by atoms with Gasteiger partial charge in [-0.15, -0.1) is 0 Å². The van der Waals surface area contributed by atoms with Gasteiger partial charge in [-0.3, -0.25) is 9.59 Å². The molecule has 5 heteroatoms. The van der Waals surface area contributed by atoms with Gasteiger partial charge in [0.25, 0.3) is 0 Å². The lowest BCUT2D eigenvalue weighted by molar-refractivity contribution is -0.142. The maximum Gasteiger partial charge on any atom is 0.313 e. The van der Waals surface area contributed by atoms with E-state index >= 15 is 0 Å². The van der Waals surface area contributed by atoms with Gasteiger partial charge in [0.1, 0.15) is 0 Å². The Labute approximate surface area is 130 Å². The second-order valence-electron chi connectivity index (χ2n) is 6.40. The summed E-state index contributed by atoms with van der Waals surface area (Å²) in [4.78, 5) is 23.5. The number of benzene rings is 1. The summed E-state index contributed by atoms with van der Waals surface area (Å²) in [5.41, 5.74) is 0.449. The minimum Gasteiger partial charge on any atom is -0.481 e. The van der Waals surface area contributed by atoms with Crippen molar-refractivity contribution in [2.45, 2.75) is 45.1 Å². The molecule has 22 heavy (non-hydrogen) atoms. The number of carboxylic acids is 1. The Morgan fingerprint density at radius 2 is 1.91 bits per heavy atom. The molecule has 0 aromatic heterocycles. The largest absolute Gasteiger partial charge is 0.481 e. The zero-order chi connectivity index (χ0) is 16.3. The fourth-order valence-electron chi connectivity index (χ4n) is 2.57. The lowest BCUT2D eigenvalue weighted by atomic mass is 9.85. The van der Waals surface area contributed by atoms with Gasteiger partial charge in [0.05, 0.1) is 11.5 Å². The number of hydrogen-bond donors (Lipinski definition) is 2. The molecule has 1 aromatic carbocycles. The maximum absolute atomic E-state index is 12.2. The van der Waals surface area contributed by atoms with Gasteiger partial charge in [-0.2, -0.15) is 0 Å². The average molecular weight is 305 g/mol. The third-order valence-corrected chi connectivity index (χ3v) is 4.26. The summed E-state index contributed by atoms with van der Waals surface area (Å²) in [5.74, 6) is -0.903. The van der Waals surface area contributed by atoms with Crippen molar-refractivity contribution < 1.29 is 19.4 Å². The first-order chi connectivity index (χ1) is 10.3. The van der Waals surface area contributed by atoms with Gasteiger partial charge in [-0.1, -0.05) is 12.1 Å². The van der Waals surface area contributed by atoms with Crippen molar-refractivity contribution in [3.63, 3.8) is 0 Å². The standard InChI is InChI=1S/C17H23NO4/c1-11-10-12(8-9-22-11)15(19)18-14-6-4-13(5-7-14)17(2,3)16(20)21/h4-7,11-12H,8-10H2,1-3H3,(H,18,19)(H,20,21). The maximum atomic E-state index is 12.2. The molecule has 2 atom stereocenters. The Balaban J connectivity index is 2.02. The van der Waals surface area contributed by atoms with Crippen LogP contribution in [0.5, 0.6) is 0 Å². The molecule has 0 saturated carbocycles. The van der Waals surface area contributed by atoms with Crippen molar-refractivity contribution in [2.24, 2.45) is 5.92 Å². The van der Waals surface area contributed by atoms with Gasteiger partial charge < -0.3 is 15.2 Å². The van der Waals surface area contributed by atoms with Gasteiger partial charge in [-0.25, -0.2) is 0 Å². The summed E-state index contributed by atoms with van der Waals surface area (Å²) in [6.07, 6.45) is 1.58. The quantitative estimate of drug-likeness (QED) is 0.897. The first kappa shape index (κ1) is 16.5. The SMILES string of the molecule is CC1CC(C(=O)Nc2ccc(C(C)(C)C(=O)O)cc2)CCO1. The number of hydrogen-bond acceptors (Lipinski definition) is 3. The highest BCUT2D eigenvalue weighted by molar-refractivity contribution is 5.92. The highest BCUT2D eigenvalue weighted by Gasteiger charge is 2.29. The van der Waals surface area contributed by atoms with Crippen LogP contribution < -0.4 is 5.32 Å². The normalized spacial score (nSPS) is 22.1. The third kappa shape index (κ3) is 3.65. The predicted octanol–water partition coefficient (Wildman–Crippen LogP) is 2.80. The molecule has 5 nitrogen and oxygen atoms in total. The Morgan fingerprint density at radius 1 is 1.27 bits per heavy atom. The van der Waals surface area contributed by atoms with Crippen molar-refractivity contribution >= 4 is 17.6 Å². The number of nitrogens with one attached hydrogen (secondary N) is 1. The number of amides is 1. The van der Waals surface area contributed by atoms with E-state index in [0.29, 0.717) is 17.9 Å². The Kier molecular flexibility index (Phi) is 4.86. The number of rotatable bonds is 4. The Hall–Kier alpha value is -1.88. The first-order valence-electron chi connectivity index (χ1n) is 7.57. The van der Waals surface area contributed by atoms with Crippen LogP contribution in [-0.2, 0) is 19.7 Å². The van der Waals surface area contributed by atoms with Crippen LogP contribution in [0.15, 0.2) is 24.3 Å². The molecular formula is C17H23NO4. The topological polar surface area (TPSA) is 75.6 Å². The van der Waals surface area contributed by atoms with E-state index in [1.165, 1.54) is 0 Å². The van der Waals surface area contributed by atoms with Gasteiger partial charge in [0.15, 0.2) is 0 Å². The van der Waals surface area contributed by atoms with Crippen molar-refractivity contribution in [3.05, 3.63) is 29.8 Å². The molecule has 2 N–H and O–H groups in total. The molecular weight excluding hydrogens is 282 g/mol. The van der Waals surface area contributed by atoms with Crippen LogP contribution in [0.3, 0.4) is 0 Å². The zero-order valence-electron chi connectivity index (χ0n) is 13.3. The van der Waals surface area contributed by atoms with Crippen LogP contribution in [0.25, 0.3) is 0 Å². The van der Waals surface area contributed by atoms with E-state index in [2.05, 4.69) is 5.32 Å². The third-order valence-electron chi connectivity index (χ3n) is 4.26. The van der Waals surface area contributed by atoms with Crippen LogP contribution in [0.2, 0.25) is 0 Å². The minimum absolute atomic E-state index is 0.000366. The molecule has 2 unspecified atom stereocenters. The Bertz CT molecular complexity index is 550. The number of ether oxygens (including phenoxy) is 1. The number of aliphatic carboxylic acids is 1. The summed E-state index contributed by atoms with van der Waals surface area (Å²) in [5, 5.41) is 12.1. The molecule has 1 aliphatic rings. The molecule has 2 rings (SSSR count). The highest BCUT2D eigenvalue weighted by atomic mass is 16.5. The number of carboxylic acid groups (broad SMARTS) is 1. The van der Waals surface area contributed by atoms with Crippen molar-refractivity contribution in [1.82, 2.24) is 0 Å². The lowest BCUT2D eigenvalue weighted by Gasteiger charge is -2.26. The molecule has 120 valence electrons.